The van der Waals surface area contributed by atoms with Crippen molar-refractivity contribution in [1.29, 1.82) is 0 Å². The molecule has 2 heterocycles. The number of anilines is 1. The van der Waals surface area contributed by atoms with Crippen molar-refractivity contribution in [2.75, 3.05) is 12.4 Å². The third-order valence-electron chi connectivity index (χ3n) is 4.20. The van der Waals surface area contributed by atoms with Gasteiger partial charge in [-0.25, -0.2) is 9.37 Å². The zero-order chi connectivity index (χ0) is 20.2. The van der Waals surface area contributed by atoms with Crippen LogP contribution in [0, 0.1) is 5.82 Å². The number of carbonyl (C=O) groups excluding carboxylic acids is 1. The van der Waals surface area contributed by atoms with Gasteiger partial charge in [-0.3, -0.25) is 9.78 Å². The molecular weight excluding hydrogens is 373 g/mol. The van der Waals surface area contributed by atoms with Crippen LogP contribution in [-0.2, 0) is 0 Å². The molecule has 0 aliphatic rings. The minimum atomic E-state index is -0.766. The van der Waals surface area contributed by atoms with Crippen LogP contribution in [0.3, 0.4) is 0 Å². The second-order valence-corrected chi connectivity index (χ2v) is 6.12. The van der Waals surface area contributed by atoms with Crippen molar-refractivity contribution in [3.8, 4) is 17.2 Å². The number of para-hydroxylation sites is 1. The van der Waals surface area contributed by atoms with Gasteiger partial charge in [0.15, 0.2) is 11.5 Å². The lowest BCUT2D eigenvalue weighted by atomic mass is 10.2. The number of halogens is 1. The summed E-state index contributed by atoms with van der Waals surface area (Å²) in [6, 6.07) is 17.3. The number of amides is 1. The average Bonchev–Trinajstić information content (AvgIpc) is 2.74. The number of rotatable bonds is 5. The monoisotopic (exact) mass is 389 g/mol. The van der Waals surface area contributed by atoms with E-state index in [2.05, 4.69) is 15.3 Å². The Morgan fingerprint density at radius 2 is 1.86 bits per heavy atom. The molecule has 0 aliphatic heterocycles. The second kappa shape index (κ2) is 7.93. The van der Waals surface area contributed by atoms with Gasteiger partial charge >= 0.3 is 0 Å². The molecule has 0 spiro atoms. The van der Waals surface area contributed by atoms with Crippen LogP contribution >= 0.6 is 0 Å². The van der Waals surface area contributed by atoms with E-state index >= 15 is 0 Å². The van der Waals surface area contributed by atoms with Crippen LogP contribution in [0.1, 0.15) is 10.5 Å². The SMILES string of the molecule is COc1cnc(C(=O)Nc2cccc(Oc3ccnc4ccccc34)c2)c(F)c1. The predicted octanol–water partition coefficient (Wildman–Crippen LogP) is 4.82. The van der Waals surface area contributed by atoms with Gasteiger partial charge in [0, 0.05) is 29.4 Å². The molecule has 2 aromatic heterocycles. The van der Waals surface area contributed by atoms with E-state index in [1.807, 2.05) is 24.3 Å². The van der Waals surface area contributed by atoms with E-state index in [0.29, 0.717) is 17.2 Å². The molecule has 144 valence electrons. The molecule has 1 N–H and O–H groups in total. The highest BCUT2D eigenvalue weighted by molar-refractivity contribution is 6.03. The maximum absolute atomic E-state index is 14.1. The van der Waals surface area contributed by atoms with Crippen molar-refractivity contribution in [3.05, 3.63) is 84.6 Å². The van der Waals surface area contributed by atoms with Crippen molar-refractivity contribution in [2.45, 2.75) is 0 Å². The van der Waals surface area contributed by atoms with E-state index < -0.39 is 11.7 Å². The molecule has 0 atom stereocenters. The first-order valence-electron chi connectivity index (χ1n) is 8.76. The molecule has 0 saturated carbocycles. The van der Waals surface area contributed by atoms with Gasteiger partial charge in [-0.05, 0) is 30.3 Å². The quantitative estimate of drug-likeness (QED) is 0.530. The summed E-state index contributed by atoms with van der Waals surface area (Å²) in [7, 11) is 1.40. The Morgan fingerprint density at radius 1 is 1.00 bits per heavy atom. The minimum Gasteiger partial charge on any atom is -0.495 e. The van der Waals surface area contributed by atoms with Crippen molar-refractivity contribution < 1.29 is 18.7 Å². The molecule has 0 aliphatic carbocycles. The van der Waals surface area contributed by atoms with Gasteiger partial charge in [0.1, 0.15) is 17.2 Å². The highest BCUT2D eigenvalue weighted by Crippen LogP contribution is 2.30. The standard InChI is InChI=1S/C22H16FN3O3/c1-28-16-12-18(23)21(25-13-16)22(27)26-14-5-4-6-15(11-14)29-20-9-10-24-19-8-3-2-7-17(19)20/h2-13H,1H3,(H,26,27). The molecule has 0 saturated heterocycles. The fraction of sp³-hybridized carbons (Fsp3) is 0.0455. The topological polar surface area (TPSA) is 73.3 Å². The summed E-state index contributed by atoms with van der Waals surface area (Å²) in [5.41, 5.74) is 0.940. The summed E-state index contributed by atoms with van der Waals surface area (Å²) in [5.74, 6) is -0.0440. The second-order valence-electron chi connectivity index (χ2n) is 6.12. The van der Waals surface area contributed by atoms with Crippen molar-refractivity contribution >= 4 is 22.5 Å². The van der Waals surface area contributed by atoms with Crippen LogP contribution in [0.25, 0.3) is 10.9 Å². The summed E-state index contributed by atoms with van der Waals surface area (Å²) in [6.45, 7) is 0. The number of methoxy groups -OCH3 is 1. The largest absolute Gasteiger partial charge is 0.495 e. The number of hydrogen-bond acceptors (Lipinski definition) is 5. The number of nitrogens with one attached hydrogen (secondary N) is 1. The molecule has 29 heavy (non-hydrogen) atoms. The molecule has 0 unspecified atom stereocenters. The summed E-state index contributed by atoms with van der Waals surface area (Å²) in [4.78, 5) is 20.5. The van der Waals surface area contributed by atoms with Crippen LogP contribution < -0.4 is 14.8 Å². The van der Waals surface area contributed by atoms with Crippen molar-refractivity contribution in [2.24, 2.45) is 0 Å². The van der Waals surface area contributed by atoms with Gasteiger partial charge in [0.05, 0.1) is 18.8 Å². The predicted molar refractivity (Wildman–Crippen MR) is 107 cm³/mol. The fourth-order valence-electron chi connectivity index (χ4n) is 2.81. The van der Waals surface area contributed by atoms with Crippen LogP contribution in [-0.4, -0.2) is 23.0 Å². The molecular formula is C22H16FN3O3. The number of nitrogens with zero attached hydrogens (tertiary/aromatic N) is 2. The Bertz CT molecular complexity index is 1190. The first-order valence-corrected chi connectivity index (χ1v) is 8.76. The number of aromatic nitrogens is 2. The van der Waals surface area contributed by atoms with E-state index in [1.165, 1.54) is 13.3 Å². The van der Waals surface area contributed by atoms with Crippen LogP contribution in [0.15, 0.2) is 73.1 Å². The molecule has 4 aromatic rings. The van der Waals surface area contributed by atoms with Crippen LogP contribution in [0.5, 0.6) is 17.2 Å². The van der Waals surface area contributed by atoms with E-state index in [9.17, 15) is 9.18 Å². The number of benzene rings is 2. The fourth-order valence-corrected chi connectivity index (χ4v) is 2.81. The van der Waals surface area contributed by atoms with E-state index in [1.54, 1.807) is 36.5 Å². The third-order valence-corrected chi connectivity index (χ3v) is 4.20. The van der Waals surface area contributed by atoms with Gasteiger partial charge in [-0.2, -0.15) is 0 Å². The molecule has 0 bridgehead atoms. The number of ether oxygens (including phenoxy) is 2. The Labute approximate surface area is 166 Å². The molecule has 0 radical (unpaired) electrons. The number of fused-ring (bicyclic) bond motifs is 1. The lowest BCUT2D eigenvalue weighted by molar-refractivity contribution is 0.101. The van der Waals surface area contributed by atoms with Gasteiger partial charge in [0.25, 0.3) is 5.91 Å². The van der Waals surface area contributed by atoms with Gasteiger partial charge < -0.3 is 14.8 Å². The first kappa shape index (κ1) is 18.4. The summed E-state index contributed by atoms with van der Waals surface area (Å²) in [6.07, 6.45) is 2.95. The molecule has 4 rings (SSSR count). The van der Waals surface area contributed by atoms with Gasteiger partial charge in [0.2, 0.25) is 0 Å². The first-order chi connectivity index (χ1) is 14.1. The number of hydrogen-bond donors (Lipinski definition) is 1. The maximum atomic E-state index is 14.1. The van der Waals surface area contributed by atoms with E-state index in [0.717, 1.165) is 17.0 Å². The Morgan fingerprint density at radius 3 is 2.69 bits per heavy atom. The zero-order valence-corrected chi connectivity index (χ0v) is 15.4. The average molecular weight is 389 g/mol. The van der Waals surface area contributed by atoms with Crippen molar-refractivity contribution in [3.63, 3.8) is 0 Å². The summed E-state index contributed by atoms with van der Waals surface area (Å²) < 4.78 is 24.9. The summed E-state index contributed by atoms with van der Waals surface area (Å²) >= 11 is 0. The van der Waals surface area contributed by atoms with Crippen LogP contribution in [0.2, 0.25) is 0 Å². The highest BCUT2D eigenvalue weighted by Gasteiger charge is 2.15. The molecule has 1 amide bonds. The Hall–Kier alpha value is -4.00. The third kappa shape index (κ3) is 3.98. The zero-order valence-electron chi connectivity index (χ0n) is 15.4. The highest BCUT2D eigenvalue weighted by atomic mass is 19.1. The van der Waals surface area contributed by atoms with Gasteiger partial charge in [-0.15, -0.1) is 0 Å². The van der Waals surface area contributed by atoms with Crippen molar-refractivity contribution in [1.82, 2.24) is 9.97 Å². The molecule has 7 heteroatoms. The smallest absolute Gasteiger partial charge is 0.277 e. The van der Waals surface area contributed by atoms with Crippen LogP contribution in [0.4, 0.5) is 10.1 Å². The number of carbonyl (C=O) groups is 1. The molecule has 2 aromatic carbocycles. The maximum Gasteiger partial charge on any atom is 0.277 e. The molecule has 6 nitrogen and oxygen atoms in total. The van der Waals surface area contributed by atoms with E-state index in [4.69, 9.17) is 9.47 Å². The minimum absolute atomic E-state index is 0.235. The summed E-state index contributed by atoms with van der Waals surface area (Å²) in [5, 5.41) is 3.49. The Kier molecular flexibility index (Phi) is 5.03. The molecule has 0 fully saturated rings. The normalized spacial score (nSPS) is 10.6. The lowest BCUT2D eigenvalue weighted by Gasteiger charge is -2.11. The lowest BCUT2D eigenvalue weighted by Crippen LogP contribution is -2.15. The van der Waals surface area contributed by atoms with Gasteiger partial charge in [-0.1, -0.05) is 18.2 Å². The van der Waals surface area contributed by atoms with E-state index in [-0.39, 0.29) is 11.4 Å². The number of pyridine rings is 2. The Balaban J connectivity index is 1.55.